The maximum Gasteiger partial charge on any atom is 0.0110 e. The van der Waals surface area contributed by atoms with Crippen LogP contribution in [-0.4, -0.2) is 54.0 Å². The van der Waals surface area contributed by atoms with Gasteiger partial charge in [0.05, 0.1) is 0 Å². The van der Waals surface area contributed by atoms with Gasteiger partial charge in [-0.05, 0) is 30.9 Å². The average Bonchev–Trinajstić information content (AvgIpc) is 2.35. The predicted octanol–water partition coefficient (Wildman–Crippen LogP) is 3.40. The molecule has 3 heteroatoms. The van der Waals surface area contributed by atoms with Gasteiger partial charge in [0.15, 0.2) is 0 Å². The zero-order chi connectivity index (χ0) is 12.3. The summed E-state index contributed by atoms with van der Waals surface area (Å²) in [6.07, 6.45) is 10.1. The summed E-state index contributed by atoms with van der Waals surface area (Å²) in [6, 6.07) is 0. The Hall–Kier alpha value is 0.650. The van der Waals surface area contributed by atoms with Gasteiger partial charge in [-0.25, -0.2) is 0 Å². The van der Waals surface area contributed by atoms with Gasteiger partial charge < -0.3 is 9.80 Å². The Kier molecular flexibility index (Phi) is 9.76. The molecule has 0 aromatic rings. The molecule has 0 amide bonds. The third-order valence-corrected chi connectivity index (χ3v) is 4.47. The molecule has 0 spiro atoms. The van der Waals surface area contributed by atoms with Gasteiger partial charge in [-0.15, -0.1) is 0 Å². The molecular formula is C14H29IN2. The highest BCUT2D eigenvalue weighted by Gasteiger charge is 2.12. The number of alkyl halides is 1. The largest absolute Gasteiger partial charge is 0.304 e. The first-order valence-corrected chi connectivity index (χ1v) is 8.82. The Morgan fingerprint density at radius 2 is 1.29 bits per heavy atom. The number of nitrogens with zero attached hydrogens (tertiary/aromatic N) is 2. The molecule has 1 heterocycles. The summed E-state index contributed by atoms with van der Waals surface area (Å²) in [5.74, 6) is 0. The van der Waals surface area contributed by atoms with E-state index in [9.17, 15) is 0 Å². The van der Waals surface area contributed by atoms with E-state index >= 15 is 0 Å². The second-order valence-corrected chi connectivity index (χ2v) is 6.39. The van der Waals surface area contributed by atoms with Crippen molar-refractivity contribution in [3.63, 3.8) is 0 Å². The first-order chi connectivity index (χ1) is 8.33. The van der Waals surface area contributed by atoms with Gasteiger partial charge in [-0.3, -0.25) is 0 Å². The summed E-state index contributed by atoms with van der Waals surface area (Å²) in [5.41, 5.74) is 0. The van der Waals surface area contributed by atoms with Crippen LogP contribution in [0, 0.1) is 0 Å². The zero-order valence-electron chi connectivity index (χ0n) is 11.5. The molecule has 1 aliphatic rings. The van der Waals surface area contributed by atoms with E-state index in [1.165, 1.54) is 82.1 Å². The molecule has 0 radical (unpaired) electrons. The minimum Gasteiger partial charge on any atom is -0.304 e. The minimum absolute atomic E-state index is 1.26. The Labute approximate surface area is 121 Å². The molecule has 0 aromatic carbocycles. The van der Waals surface area contributed by atoms with Gasteiger partial charge in [0.25, 0.3) is 0 Å². The van der Waals surface area contributed by atoms with E-state index in [4.69, 9.17) is 0 Å². The van der Waals surface area contributed by atoms with E-state index in [0.29, 0.717) is 0 Å². The van der Waals surface area contributed by atoms with E-state index in [1.807, 2.05) is 0 Å². The van der Waals surface area contributed by atoms with Crippen molar-refractivity contribution in [3.05, 3.63) is 0 Å². The molecule has 1 rings (SSSR count). The number of unbranched alkanes of at least 4 members (excludes halogenated alkanes) is 6. The lowest BCUT2D eigenvalue weighted by Gasteiger charge is -2.32. The topological polar surface area (TPSA) is 6.48 Å². The lowest BCUT2D eigenvalue weighted by molar-refractivity contribution is 0.152. The van der Waals surface area contributed by atoms with Crippen molar-refractivity contribution in [2.24, 2.45) is 0 Å². The fourth-order valence-electron chi connectivity index (χ4n) is 2.39. The van der Waals surface area contributed by atoms with Crippen molar-refractivity contribution < 1.29 is 0 Å². The Morgan fingerprint density at radius 1 is 0.765 bits per heavy atom. The lowest BCUT2D eigenvalue weighted by Crippen LogP contribution is -2.44. The molecule has 0 bridgehead atoms. The fourth-order valence-corrected chi connectivity index (χ4v) is 2.92. The average molecular weight is 352 g/mol. The van der Waals surface area contributed by atoms with E-state index in [1.54, 1.807) is 0 Å². The number of likely N-dealkylation sites (N-methyl/N-ethyl adjacent to an activating group) is 1. The second-order valence-electron chi connectivity index (χ2n) is 5.31. The van der Waals surface area contributed by atoms with E-state index < -0.39 is 0 Å². The fraction of sp³-hybridized carbons (Fsp3) is 1.00. The van der Waals surface area contributed by atoms with Crippen LogP contribution >= 0.6 is 22.6 Å². The molecular weight excluding hydrogens is 323 g/mol. The summed E-state index contributed by atoms with van der Waals surface area (Å²) < 4.78 is 1.33. The van der Waals surface area contributed by atoms with Gasteiger partial charge in [0, 0.05) is 26.2 Å². The zero-order valence-corrected chi connectivity index (χ0v) is 13.6. The predicted molar refractivity (Wildman–Crippen MR) is 85.1 cm³/mol. The molecule has 1 aliphatic heterocycles. The van der Waals surface area contributed by atoms with Crippen LogP contribution in [-0.2, 0) is 0 Å². The third kappa shape index (κ3) is 8.38. The summed E-state index contributed by atoms with van der Waals surface area (Å²) in [6.45, 7) is 6.42. The maximum atomic E-state index is 2.64. The number of halogens is 1. The number of hydrogen-bond donors (Lipinski definition) is 0. The molecule has 0 aliphatic carbocycles. The van der Waals surface area contributed by atoms with Gasteiger partial charge in [0.1, 0.15) is 0 Å². The third-order valence-electron chi connectivity index (χ3n) is 3.70. The summed E-state index contributed by atoms with van der Waals surface area (Å²) >= 11 is 2.48. The van der Waals surface area contributed by atoms with Crippen LogP contribution in [0.15, 0.2) is 0 Å². The Balaban J connectivity index is 1.81. The molecule has 0 atom stereocenters. The number of rotatable bonds is 9. The van der Waals surface area contributed by atoms with E-state index in [2.05, 4.69) is 39.4 Å². The Bertz CT molecular complexity index is 168. The van der Waals surface area contributed by atoms with Gasteiger partial charge in [-0.1, -0.05) is 54.7 Å². The highest BCUT2D eigenvalue weighted by atomic mass is 127. The molecule has 2 nitrogen and oxygen atoms in total. The standard InChI is InChI=1S/C14H29IN2/c1-16-11-13-17(14-12-16)10-8-6-4-2-3-5-7-9-15/h2-14H2,1H3. The smallest absolute Gasteiger partial charge is 0.0110 e. The Morgan fingerprint density at radius 3 is 1.88 bits per heavy atom. The second kappa shape index (κ2) is 10.6. The molecule has 1 saturated heterocycles. The van der Waals surface area contributed by atoms with Crippen LogP contribution in [0.4, 0.5) is 0 Å². The maximum absolute atomic E-state index is 2.64. The first kappa shape index (κ1) is 15.7. The van der Waals surface area contributed by atoms with Crippen LogP contribution in [0.3, 0.4) is 0 Å². The van der Waals surface area contributed by atoms with Crippen molar-refractivity contribution in [1.29, 1.82) is 0 Å². The van der Waals surface area contributed by atoms with E-state index in [-0.39, 0.29) is 0 Å². The molecule has 102 valence electrons. The van der Waals surface area contributed by atoms with Crippen molar-refractivity contribution >= 4 is 22.6 Å². The summed E-state index contributed by atoms with van der Waals surface area (Å²) in [7, 11) is 2.23. The van der Waals surface area contributed by atoms with Crippen molar-refractivity contribution in [2.45, 2.75) is 44.9 Å². The molecule has 0 saturated carbocycles. The van der Waals surface area contributed by atoms with Crippen LogP contribution in [0.5, 0.6) is 0 Å². The van der Waals surface area contributed by atoms with Crippen LogP contribution in [0.25, 0.3) is 0 Å². The van der Waals surface area contributed by atoms with Gasteiger partial charge >= 0.3 is 0 Å². The SMILES string of the molecule is CN1CCN(CCCCCCCCCI)CC1. The molecule has 0 aromatic heterocycles. The van der Waals surface area contributed by atoms with Gasteiger partial charge in [0.2, 0.25) is 0 Å². The number of piperazine rings is 1. The highest BCUT2D eigenvalue weighted by molar-refractivity contribution is 14.1. The molecule has 1 fully saturated rings. The minimum atomic E-state index is 1.26. The van der Waals surface area contributed by atoms with Gasteiger partial charge in [-0.2, -0.15) is 0 Å². The summed E-state index contributed by atoms with van der Waals surface area (Å²) in [5, 5.41) is 0. The lowest BCUT2D eigenvalue weighted by atomic mass is 10.1. The van der Waals surface area contributed by atoms with Crippen LogP contribution in [0.1, 0.15) is 44.9 Å². The first-order valence-electron chi connectivity index (χ1n) is 7.30. The normalized spacial score (nSPS) is 18.7. The van der Waals surface area contributed by atoms with E-state index in [0.717, 1.165) is 0 Å². The monoisotopic (exact) mass is 352 g/mol. The summed E-state index contributed by atoms with van der Waals surface area (Å²) in [4.78, 5) is 5.07. The van der Waals surface area contributed by atoms with Crippen LogP contribution < -0.4 is 0 Å². The van der Waals surface area contributed by atoms with Crippen molar-refractivity contribution in [1.82, 2.24) is 9.80 Å². The quantitative estimate of drug-likeness (QED) is 0.357. The molecule has 17 heavy (non-hydrogen) atoms. The molecule has 0 N–H and O–H groups in total. The van der Waals surface area contributed by atoms with Crippen molar-refractivity contribution in [2.75, 3.05) is 44.2 Å². The molecule has 0 unspecified atom stereocenters. The number of hydrogen-bond acceptors (Lipinski definition) is 2. The van der Waals surface area contributed by atoms with Crippen LogP contribution in [0.2, 0.25) is 0 Å². The van der Waals surface area contributed by atoms with Crippen molar-refractivity contribution in [3.8, 4) is 0 Å². The highest BCUT2D eigenvalue weighted by Crippen LogP contribution is 2.09.